The number of ether oxygens (including phenoxy) is 2. The Morgan fingerprint density at radius 1 is 1.28 bits per heavy atom. The second-order valence-corrected chi connectivity index (χ2v) is 6.50. The Morgan fingerprint density at radius 2 is 2.00 bits per heavy atom. The molecule has 3 rings (SSSR count). The average molecular weight is 362 g/mol. The van der Waals surface area contributed by atoms with Crippen LogP contribution in [0.1, 0.15) is 5.56 Å². The summed E-state index contributed by atoms with van der Waals surface area (Å²) in [5, 5.41) is -0.437. The maximum atomic E-state index is 12.5. The van der Waals surface area contributed by atoms with E-state index in [4.69, 9.17) is 9.47 Å². The van der Waals surface area contributed by atoms with Crippen LogP contribution >= 0.6 is 11.8 Å². The first-order valence-corrected chi connectivity index (χ1v) is 8.65. The lowest BCUT2D eigenvalue weighted by atomic mass is 10.2. The topological polar surface area (TPSA) is 76.2 Å². The number of carbonyl (C=O) groups is 3. The molecule has 2 fully saturated rings. The zero-order chi connectivity index (χ0) is 17.8. The van der Waals surface area contributed by atoms with Crippen molar-refractivity contribution in [3.05, 3.63) is 34.7 Å². The number of methoxy groups -OCH3 is 1. The van der Waals surface area contributed by atoms with Gasteiger partial charge >= 0.3 is 0 Å². The van der Waals surface area contributed by atoms with Gasteiger partial charge in [-0.2, -0.15) is 0 Å². The Hall–Kier alpha value is -2.32. The standard InChI is InChI=1S/C17H18N2O5S/c1-23-13-5-3-2-4-12(13)10-14-16(21)19(17(22)25-14)11-15(20)18-6-8-24-9-7-18/h2-5,10H,6-9,11H2,1H3. The van der Waals surface area contributed by atoms with Gasteiger partial charge in [-0.25, -0.2) is 0 Å². The van der Waals surface area contributed by atoms with Crippen molar-refractivity contribution in [2.24, 2.45) is 0 Å². The van der Waals surface area contributed by atoms with Crippen molar-refractivity contribution in [1.29, 1.82) is 0 Å². The number of morpholine rings is 1. The molecule has 132 valence electrons. The largest absolute Gasteiger partial charge is 0.496 e. The lowest BCUT2D eigenvalue weighted by Gasteiger charge is -2.28. The molecule has 0 radical (unpaired) electrons. The van der Waals surface area contributed by atoms with Crippen molar-refractivity contribution in [3.8, 4) is 5.75 Å². The molecule has 2 saturated heterocycles. The lowest BCUT2D eigenvalue weighted by Crippen LogP contribution is -2.46. The summed E-state index contributed by atoms with van der Waals surface area (Å²) < 4.78 is 10.5. The number of benzene rings is 1. The molecule has 2 heterocycles. The SMILES string of the molecule is COc1ccccc1C=C1SC(=O)N(CC(=O)N2CCOCC2)C1=O. The van der Waals surface area contributed by atoms with Gasteiger partial charge in [-0.15, -0.1) is 0 Å². The van der Waals surface area contributed by atoms with Crippen LogP contribution in [-0.2, 0) is 14.3 Å². The van der Waals surface area contributed by atoms with Gasteiger partial charge in [0.15, 0.2) is 0 Å². The van der Waals surface area contributed by atoms with Gasteiger partial charge in [-0.3, -0.25) is 19.3 Å². The van der Waals surface area contributed by atoms with Gasteiger partial charge in [0.25, 0.3) is 11.1 Å². The van der Waals surface area contributed by atoms with E-state index in [0.29, 0.717) is 37.6 Å². The van der Waals surface area contributed by atoms with Crippen LogP contribution in [0.25, 0.3) is 6.08 Å². The van der Waals surface area contributed by atoms with E-state index in [1.54, 1.807) is 30.2 Å². The summed E-state index contributed by atoms with van der Waals surface area (Å²) in [4.78, 5) is 39.8. The number of para-hydroxylation sites is 1. The van der Waals surface area contributed by atoms with E-state index in [0.717, 1.165) is 16.7 Å². The van der Waals surface area contributed by atoms with Crippen molar-refractivity contribution in [2.45, 2.75) is 0 Å². The van der Waals surface area contributed by atoms with Gasteiger partial charge in [0.1, 0.15) is 12.3 Å². The van der Waals surface area contributed by atoms with Crippen molar-refractivity contribution < 1.29 is 23.9 Å². The molecule has 2 aliphatic heterocycles. The molecule has 3 amide bonds. The third kappa shape index (κ3) is 3.85. The number of rotatable bonds is 4. The summed E-state index contributed by atoms with van der Waals surface area (Å²) >= 11 is 0.832. The maximum Gasteiger partial charge on any atom is 0.294 e. The third-order valence-electron chi connectivity index (χ3n) is 3.96. The molecule has 0 unspecified atom stereocenters. The summed E-state index contributed by atoms with van der Waals surface area (Å²) in [6.45, 7) is 1.66. The van der Waals surface area contributed by atoms with Crippen LogP contribution in [0, 0.1) is 0 Å². The number of amides is 3. The normalized spacial score (nSPS) is 19.6. The Bertz CT molecular complexity index is 728. The fourth-order valence-corrected chi connectivity index (χ4v) is 3.44. The van der Waals surface area contributed by atoms with Crippen molar-refractivity contribution in [3.63, 3.8) is 0 Å². The van der Waals surface area contributed by atoms with Gasteiger partial charge in [0.05, 0.1) is 25.2 Å². The second-order valence-electron chi connectivity index (χ2n) is 5.50. The van der Waals surface area contributed by atoms with E-state index in [1.165, 1.54) is 0 Å². The highest BCUT2D eigenvalue weighted by Crippen LogP contribution is 2.33. The summed E-state index contributed by atoms with van der Waals surface area (Å²) in [5.41, 5.74) is 0.704. The van der Waals surface area contributed by atoms with Gasteiger partial charge in [0, 0.05) is 18.7 Å². The molecule has 1 aromatic rings. The van der Waals surface area contributed by atoms with Crippen molar-refractivity contribution in [2.75, 3.05) is 40.0 Å². The van der Waals surface area contributed by atoms with Crippen LogP contribution in [0.15, 0.2) is 29.2 Å². The van der Waals surface area contributed by atoms with E-state index in [-0.39, 0.29) is 17.4 Å². The van der Waals surface area contributed by atoms with Crippen molar-refractivity contribution >= 4 is 34.9 Å². The molecule has 0 N–H and O–H groups in total. The third-order valence-corrected chi connectivity index (χ3v) is 4.86. The van der Waals surface area contributed by atoms with Crippen LogP contribution in [0.2, 0.25) is 0 Å². The van der Waals surface area contributed by atoms with Crippen LogP contribution < -0.4 is 4.74 Å². The van der Waals surface area contributed by atoms with Crippen molar-refractivity contribution in [1.82, 2.24) is 9.80 Å². The Morgan fingerprint density at radius 3 is 2.72 bits per heavy atom. The molecule has 25 heavy (non-hydrogen) atoms. The minimum Gasteiger partial charge on any atom is -0.496 e. The number of nitrogens with zero attached hydrogens (tertiary/aromatic N) is 2. The monoisotopic (exact) mass is 362 g/mol. The van der Waals surface area contributed by atoms with Crippen LogP contribution in [0.5, 0.6) is 5.75 Å². The first-order valence-electron chi connectivity index (χ1n) is 7.84. The van der Waals surface area contributed by atoms with E-state index >= 15 is 0 Å². The zero-order valence-corrected chi connectivity index (χ0v) is 14.6. The summed E-state index contributed by atoms with van der Waals surface area (Å²) in [7, 11) is 1.54. The number of hydrogen-bond donors (Lipinski definition) is 0. The minimum absolute atomic E-state index is 0.242. The number of carbonyl (C=O) groups excluding carboxylic acids is 3. The molecule has 0 bridgehead atoms. The Balaban J connectivity index is 1.73. The number of thioether (sulfide) groups is 1. The maximum absolute atomic E-state index is 12.5. The van der Waals surface area contributed by atoms with E-state index < -0.39 is 11.1 Å². The molecule has 0 atom stereocenters. The highest BCUT2D eigenvalue weighted by atomic mass is 32.2. The molecule has 0 spiro atoms. The minimum atomic E-state index is -0.456. The number of imide groups is 1. The molecular formula is C17H18N2O5S. The average Bonchev–Trinajstić information content (AvgIpc) is 2.90. The smallest absolute Gasteiger partial charge is 0.294 e. The first kappa shape index (κ1) is 17.5. The molecule has 0 aliphatic carbocycles. The highest BCUT2D eigenvalue weighted by Gasteiger charge is 2.37. The second kappa shape index (κ2) is 7.71. The summed E-state index contributed by atoms with van der Waals surface area (Å²) in [5.74, 6) is -0.0923. The summed E-state index contributed by atoms with van der Waals surface area (Å²) in [6, 6.07) is 7.22. The van der Waals surface area contributed by atoms with Crippen LogP contribution in [0.3, 0.4) is 0 Å². The van der Waals surface area contributed by atoms with Crippen LogP contribution in [0.4, 0.5) is 4.79 Å². The van der Waals surface area contributed by atoms with Gasteiger partial charge in [-0.1, -0.05) is 18.2 Å². The fourth-order valence-electron chi connectivity index (χ4n) is 2.61. The van der Waals surface area contributed by atoms with E-state index in [9.17, 15) is 14.4 Å². The van der Waals surface area contributed by atoms with Crippen LogP contribution in [-0.4, -0.2) is 66.8 Å². The van der Waals surface area contributed by atoms with Gasteiger partial charge in [0.2, 0.25) is 5.91 Å². The lowest BCUT2D eigenvalue weighted by molar-refractivity contribution is -0.139. The predicted molar refractivity (Wildman–Crippen MR) is 93.1 cm³/mol. The molecule has 0 saturated carbocycles. The number of hydrogen-bond acceptors (Lipinski definition) is 6. The van der Waals surface area contributed by atoms with Gasteiger partial charge in [-0.05, 0) is 23.9 Å². The molecule has 7 nitrogen and oxygen atoms in total. The van der Waals surface area contributed by atoms with E-state index in [2.05, 4.69) is 0 Å². The molecule has 1 aromatic carbocycles. The molecular weight excluding hydrogens is 344 g/mol. The highest BCUT2D eigenvalue weighted by molar-refractivity contribution is 8.18. The predicted octanol–water partition coefficient (Wildman–Crippen LogP) is 1.59. The van der Waals surface area contributed by atoms with Gasteiger partial charge < -0.3 is 14.4 Å². The fraction of sp³-hybridized carbons (Fsp3) is 0.353. The summed E-state index contributed by atoms with van der Waals surface area (Å²) in [6.07, 6.45) is 1.61. The molecule has 8 heteroatoms. The Labute approximate surface area is 149 Å². The molecule has 0 aromatic heterocycles. The molecule has 2 aliphatic rings. The Kier molecular flexibility index (Phi) is 5.40. The van der Waals surface area contributed by atoms with E-state index in [1.807, 2.05) is 12.1 Å². The zero-order valence-electron chi connectivity index (χ0n) is 13.8. The quantitative estimate of drug-likeness (QED) is 0.757. The first-order chi connectivity index (χ1) is 12.1.